The Labute approximate surface area is 73.0 Å². The third-order valence-corrected chi connectivity index (χ3v) is 1.83. The molecule has 0 spiro atoms. The second-order valence-electron chi connectivity index (χ2n) is 2.65. The summed E-state index contributed by atoms with van der Waals surface area (Å²) in [5, 5.41) is 8.64. The van der Waals surface area contributed by atoms with Crippen molar-refractivity contribution in [3.63, 3.8) is 0 Å². The summed E-state index contributed by atoms with van der Waals surface area (Å²) in [5.41, 5.74) is 2.84. The quantitative estimate of drug-likeness (QED) is 0.647. The number of nitrogens with zero attached hydrogens (tertiary/aromatic N) is 1. The summed E-state index contributed by atoms with van der Waals surface area (Å²) >= 11 is 0. The zero-order valence-electron chi connectivity index (χ0n) is 7.17. The van der Waals surface area contributed by atoms with E-state index in [1.165, 1.54) is 0 Å². The molecule has 12 heavy (non-hydrogen) atoms. The van der Waals surface area contributed by atoms with Crippen molar-refractivity contribution in [2.45, 2.75) is 13.3 Å². The molecule has 0 amide bonds. The fraction of sp³-hybridized carbons (Fsp3) is 0.182. The first-order valence-corrected chi connectivity index (χ1v) is 3.96. The molecule has 0 atom stereocenters. The first kappa shape index (κ1) is 8.55. The van der Waals surface area contributed by atoms with Gasteiger partial charge in [-0.05, 0) is 29.7 Å². The summed E-state index contributed by atoms with van der Waals surface area (Å²) < 4.78 is 0. The highest BCUT2D eigenvalue weighted by Crippen LogP contribution is 2.16. The van der Waals surface area contributed by atoms with Gasteiger partial charge in [0, 0.05) is 0 Å². The van der Waals surface area contributed by atoms with Gasteiger partial charge in [-0.2, -0.15) is 5.26 Å². The monoisotopic (exact) mass is 157 g/mol. The molecule has 1 aromatic carbocycles. The predicted molar refractivity (Wildman–Crippen MR) is 50.5 cm³/mol. The summed E-state index contributed by atoms with van der Waals surface area (Å²) in [7, 11) is 0. The predicted octanol–water partition coefficient (Wildman–Crippen LogP) is 2.98. The number of nitriles is 1. The van der Waals surface area contributed by atoms with Crippen LogP contribution in [0.5, 0.6) is 0 Å². The molecule has 0 radical (unpaired) electrons. The summed E-state index contributed by atoms with van der Waals surface area (Å²) in [6.45, 7) is 5.97. The maximum atomic E-state index is 8.64. The molecular weight excluding hydrogens is 146 g/mol. The van der Waals surface area contributed by atoms with E-state index >= 15 is 0 Å². The van der Waals surface area contributed by atoms with Crippen molar-refractivity contribution in [3.05, 3.63) is 42.0 Å². The number of hydrogen-bond donors (Lipinski definition) is 0. The Hall–Kier alpha value is -1.55. The van der Waals surface area contributed by atoms with Gasteiger partial charge in [-0.3, -0.25) is 0 Å². The van der Waals surface area contributed by atoms with Gasteiger partial charge >= 0.3 is 0 Å². The zero-order valence-corrected chi connectivity index (χ0v) is 7.17. The van der Waals surface area contributed by atoms with Crippen LogP contribution in [-0.2, 0) is 0 Å². The molecular formula is C11H11N. The third kappa shape index (κ3) is 1.73. The van der Waals surface area contributed by atoms with Gasteiger partial charge in [-0.1, -0.05) is 25.6 Å². The molecule has 1 aromatic rings. The number of rotatable bonds is 2. The number of allylic oxidation sites excluding steroid dienone is 1. The molecule has 0 aromatic heterocycles. The molecule has 1 heteroatoms. The van der Waals surface area contributed by atoms with Crippen LogP contribution < -0.4 is 0 Å². The molecule has 0 heterocycles. The van der Waals surface area contributed by atoms with E-state index in [2.05, 4.69) is 19.6 Å². The molecule has 0 fully saturated rings. The lowest BCUT2D eigenvalue weighted by Crippen LogP contribution is -1.82. The minimum Gasteiger partial charge on any atom is -0.192 e. The van der Waals surface area contributed by atoms with Crippen LogP contribution in [0.15, 0.2) is 30.8 Å². The molecule has 0 aliphatic heterocycles. The topological polar surface area (TPSA) is 23.8 Å². The van der Waals surface area contributed by atoms with E-state index in [9.17, 15) is 0 Å². The van der Waals surface area contributed by atoms with Gasteiger partial charge in [0.15, 0.2) is 0 Å². The van der Waals surface area contributed by atoms with Gasteiger partial charge in [-0.25, -0.2) is 0 Å². The second kappa shape index (κ2) is 3.73. The van der Waals surface area contributed by atoms with Crippen LogP contribution in [0.1, 0.15) is 24.5 Å². The lowest BCUT2D eigenvalue weighted by Gasteiger charge is -2.01. The molecule has 1 nitrogen and oxygen atoms in total. The minimum atomic E-state index is 0.696. The molecule has 0 unspecified atom stereocenters. The molecule has 0 N–H and O–H groups in total. The van der Waals surface area contributed by atoms with Gasteiger partial charge < -0.3 is 0 Å². The Kier molecular flexibility index (Phi) is 2.66. The Morgan fingerprint density at radius 2 is 2.33 bits per heavy atom. The lowest BCUT2D eigenvalue weighted by molar-refractivity contribution is 1.24. The molecule has 0 aliphatic rings. The summed E-state index contributed by atoms with van der Waals surface area (Å²) in [4.78, 5) is 0. The molecule has 1 rings (SSSR count). The SMILES string of the molecule is C=C(CC)c1cccc(C#N)c1. The van der Waals surface area contributed by atoms with Crippen LogP contribution in [0.25, 0.3) is 5.57 Å². The first-order chi connectivity index (χ1) is 5.77. The molecule has 0 bridgehead atoms. The zero-order chi connectivity index (χ0) is 8.97. The molecule has 0 saturated carbocycles. The van der Waals surface area contributed by atoms with Crippen molar-refractivity contribution in [2.24, 2.45) is 0 Å². The van der Waals surface area contributed by atoms with E-state index in [0.717, 1.165) is 17.6 Å². The highest BCUT2D eigenvalue weighted by molar-refractivity contribution is 5.64. The van der Waals surface area contributed by atoms with Crippen molar-refractivity contribution < 1.29 is 0 Å². The van der Waals surface area contributed by atoms with Gasteiger partial charge in [0.1, 0.15) is 0 Å². The summed E-state index contributed by atoms with van der Waals surface area (Å²) in [6.07, 6.45) is 0.925. The minimum absolute atomic E-state index is 0.696. The van der Waals surface area contributed by atoms with Crippen LogP contribution in [-0.4, -0.2) is 0 Å². The van der Waals surface area contributed by atoms with Crippen molar-refractivity contribution in [3.8, 4) is 6.07 Å². The standard InChI is InChI=1S/C11H11N/c1-3-9(2)11-6-4-5-10(7-11)8-12/h4-7H,2-3H2,1H3. The maximum absolute atomic E-state index is 8.64. The van der Waals surface area contributed by atoms with E-state index in [-0.39, 0.29) is 0 Å². The highest BCUT2D eigenvalue weighted by Gasteiger charge is 1.96. The molecule has 0 aliphatic carbocycles. The van der Waals surface area contributed by atoms with Crippen LogP contribution >= 0.6 is 0 Å². The van der Waals surface area contributed by atoms with Crippen LogP contribution in [0.3, 0.4) is 0 Å². The molecule has 60 valence electrons. The van der Waals surface area contributed by atoms with Crippen LogP contribution in [0.4, 0.5) is 0 Å². The van der Waals surface area contributed by atoms with Crippen molar-refractivity contribution >= 4 is 5.57 Å². The Morgan fingerprint density at radius 3 is 2.92 bits per heavy atom. The van der Waals surface area contributed by atoms with Crippen molar-refractivity contribution in [1.82, 2.24) is 0 Å². The largest absolute Gasteiger partial charge is 0.192 e. The average molecular weight is 157 g/mol. The van der Waals surface area contributed by atoms with Gasteiger partial charge in [0.25, 0.3) is 0 Å². The van der Waals surface area contributed by atoms with E-state index in [1.807, 2.05) is 18.2 Å². The summed E-state index contributed by atoms with van der Waals surface area (Å²) in [6, 6.07) is 9.63. The summed E-state index contributed by atoms with van der Waals surface area (Å²) in [5.74, 6) is 0. The van der Waals surface area contributed by atoms with Gasteiger partial charge in [-0.15, -0.1) is 0 Å². The molecule has 0 saturated heterocycles. The van der Waals surface area contributed by atoms with E-state index < -0.39 is 0 Å². The fourth-order valence-electron chi connectivity index (χ4n) is 1.01. The Balaban J connectivity index is 3.04. The average Bonchev–Trinajstić information content (AvgIpc) is 2.17. The normalized spacial score (nSPS) is 9.00. The maximum Gasteiger partial charge on any atom is 0.0991 e. The van der Waals surface area contributed by atoms with Gasteiger partial charge in [0.05, 0.1) is 11.6 Å². The second-order valence-corrected chi connectivity index (χ2v) is 2.65. The first-order valence-electron chi connectivity index (χ1n) is 3.96. The van der Waals surface area contributed by atoms with Gasteiger partial charge in [0.2, 0.25) is 0 Å². The highest BCUT2D eigenvalue weighted by atomic mass is 14.2. The van der Waals surface area contributed by atoms with E-state index in [4.69, 9.17) is 5.26 Å². The Morgan fingerprint density at radius 1 is 1.58 bits per heavy atom. The van der Waals surface area contributed by atoms with Crippen molar-refractivity contribution in [1.29, 1.82) is 5.26 Å². The van der Waals surface area contributed by atoms with Crippen LogP contribution in [0, 0.1) is 11.3 Å². The lowest BCUT2D eigenvalue weighted by atomic mass is 10.0. The number of benzene rings is 1. The fourth-order valence-corrected chi connectivity index (χ4v) is 1.01. The Bertz CT molecular complexity index is 331. The smallest absolute Gasteiger partial charge is 0.0991 e. The number of hydrogen-bond acceptors (Lipinski definition) is 1. The van der Waals surface area contributed by atoms with E-state index in [1.54, 1.807) is 6.07 Å². The van der Waals surface area contributed by atoms with E-state index in [0.29, 0.717) is 5.56 Å². The van der Waals surface area contributed by atoms with Crippen LogP contribution in [0.2, 0.25) is 0 Å². The third-order valence-electron chi connectivity index (χ3n) is 1.83. The van der Waals surface area contributed by atoms with Crippen molar-refractivity contribution in [2.75, 3.05) is 0 Å².